The molecule has 0 aliphatic heterocycles. The van der Waals surface area contributed by atoms with E-state index in [1.165, 1.54) is 6.07 Å². The average molecular weight is 285 g/mol. The van der Waals surface area contributed by atoms with Crippen LogP contribution in [-0.2, 0) is 0 Å². The van der Waals surface area contributed by atoms with Crippen molar-refractivity contribution < 1.29 is 4.39 Å². The highest BCUT2D eigenvalue weighted by atomic mass is 35.5. The Balaban J connectivity index is 2.66. The SMILES string of the molecule is CNc1nc(-c2cc(C)ccc2F)c(Cl)cc1Cl. The summed E-state index contributed by atoms with van der Waals surface area (Å²) < 4.78 is 13.8. The molecule has 0 radical (unpaired) electrons. The quantitative estimate of drug-likeness (QED) is 0.875. The second-order valence-electron chi connectivity index (χ2n) is 3.88. The number of benzene rings is 1. The highest BCUT2D eigenvalue weighted by Crippen LogP contribution is 2.33. The van der Waals surface area contributed by atoms with Crippen LogP contribution in [0.4, 0.5) is 10.2 Å². The van der Waals surface area contributed by atoms with E-state index in [1.807, 2.05) is 6.92 Å². The van der Waals surface area contributed by atoms with E-state index in [-0.39, 0.29) is 5.82 Å². The number of hydrogen-bond donors (Lipinski definition) is 1. The monoisotopic (exact) mass is 284 g/mol. The van der Waals surface area contributed by atoms with Gasteiger partial charge in [0.15, 0.2) is 0 Å². The Bertz CT molecular complexity index is 600. The predicted molar refractivity (Wildman–Crippen MR) is 73.9 cm³/mol. The first-order chi connectivity index (χ1) is 8.52. The Kier molecular flexibility index (Phi) is 3.73. The van der Waals surface area contributed by atoms with Crippen LogP contribution in [0.15, 0.2) is 24.3 Å². The molecule has 0 aliphatic carbocycles. The van der Waals surface area contributed by atoms with Crippen LogP contribution < -0.4 is 5.32 Å². The topological polar surface area (TPSA) is 24.9 Å². The number of nitrogens with one attached hydrogen (secondary N) is 1. The summed E-state index contributed by atoms with van der Waals surface area (Å²) in [5, 5.41) is 3.57. The molecule has 0 bridgehead atoms. The molecule has 0 aliphatic rings. The van der Waals surface area contributed by atoms with Crippen molar-refractivity contribution in [3.8, 4) is 11.3 Å². The van der Waals surface area contributed by atoms with Crippen LogP contribution >= 0.6 is 23.2 Å². The summed E-state index contributed by atoms with van der Waals surface area (Å²) in [5.74, 6) is 0.108. The van der Waals surface area contributed by atoms with Gasteiger partial charge in [-0.15, -0.1) is 0 Å². The Hall–Kier alpha value is -1.32. The number of pyridine rings is 1. The second kappa shape index (κ2) is 5.12. The molecule has 2 rings (SSSR count). The highest BCUT2D eigenvalue weighted by molar-refractivity contribution is 6.37. The van der Waals surface area contributed by atoms with Crippen molar-refractivity contribution in [2.24, 2.45) is 0 Å². The van der Waals surface area contributed by atoms with E-state index in [1.54, 1.807) is 25.2 Å². The minimum absolute atomic E-state index is 0.323. The van der Waals surface area contributed by atoms with Crippen LogP contribution in [0.5, 0.6) is 0 Å². The van der Waals surface area contributed by atoms with Crippen molar-refractivity contribution in [1.29, 1.82) is 0 Å². The Morgan fingerprint density at radius 3 is 2.56 bits per heavy atom. The maximum Gasteiger partial charge on any atom is 0.145 e. The first-order valence-electron chi connectivity index (χ1n) is 5.33. The molecule has 0 atom stereocenters. The molecular weight excluding hydrogens is 274 g/mol. The van der Waals surface area contributed by atoms with E-state index in [4.69, 9.17) is 23.2 Å². The van der Waals surface area contributed by atoms with Gasteiger partial charge in [0.2, 0.25) is 0 Å². The van der Waals surface area contributed by atoms with Crippen molar-refractivity contribution in [2.75, 3.05) is 12.4 Å². The van der Waals surface area contributed by atoms with Gasteiger partial charge in [0, 0.05) is 12.6 Å². The maximum absolute atomic E-state index is 13.8. The first kappa shape index (κ1) is 13.1. The van der Waals surface area contributed by atoms with Crippen LogP contribution in [0.25, 0.3) is 11.3 Å². The molecule has 94 valence electrons. The van der Waals surface area contributed by atoms with E-state index in [0.29, 0.717) is 27.1 Å². The van der Waals surface area contributed by atoms with Crippen molar-refractivity contribution in [2.45, 2.75) is 6.92 Å². The molecule has 1 aromatic heterocycles. The van der Waals surface area contributed by atoms with Gasteiger partial charge in [-0.25, -0.2) is 9.37 Å². The van der Waals surface area contributed by atoms with E-state index in [9.17, 15) is 4.39 Å². The summed E-state index contributed by atoms with van der Waals surface area (Å²) in [6, 6.07) is 6.36. The average Bonchev–Trinajstić information content (AvgIpc) is 2.33. The molecule has 1 heterocycles. The molecule has 1 aromatic carbocycles. The number of aromatic nitrogens is 1. The van der Waals surface area contributed by atoms with Crippen molar-refractivity contribution in [3.05, 3.63) is 45.7 Å². The van der Waals surface area contributed by atoms with Crippen LogP contribution in [-0.4, -0.2) is 12.0 Å². The first-order valence-corrected chi connectivity index (χ1v) is 6.09. The van der Waals surface area contributed by atoms with Gasteiger partial charge in [0.05, 0.1) is 15.7 Å². The van der Waals surface area contributed by atoms with Crippen LogP contribution in [0.3, 0.4) is 0 Å². The van der Waals surface area contributed by atoms with Crippen LogP contribution in [0, 0.1) is 12.7 Å². The summed E-state index contributed by atoms with van der Waals surface area (Å²) in [4.78, 5) is 4.25. The third-order valence-corrected chi connectivity index (χ3v) is 3.12. The van der Waals surface area contributed by atoms with Gasteiger partial charge in [-0.3, -0.25) is 0 Å². The van der Waals surface area contributed by atoms with Gasteiger partial charge >= 0.3 is 0 Å². The van der Waals surface area contributed by atoms with E-state index in [2.05, 4.69) is 10.3 Å². The molecule has 5 heteroatoms. The zero-order valence-corrected chi connectivity index (χ0v) is 11.4. The lowest BCUT2D eigenvalue weighted by Crippen LogP contribution is -1.97. The predicted octanol–water partition coefficient (Wildman–Crippen LogP) is 4.54. The van der Waals surface area contributed by atoms with Gasteiger partial charge in [-0.2, -0.15) is 0 Å². The Morgan fingerprint density at radius 2 is 1.89 bits per heavy atom. The number of rotatable bonds is 2. The lowest BCUT2D eigenvalue weighted by Gasteiger charge is -2.10. The van der Waals surface area contributed by atoms with Gasteiger partial charge < -0.3 is 5.32 Å². The largest absolute Gasteiger partial charge is 0.372 e. The van der Waals surface area contributed by atoms with Crippen LogP contribution in [0.2, 0.25) is 10.0 Å². The van der Waals surface area contributed by atoms with E-state index >= 15 is 0 Å². The summed E-state index contributed by atoms with van der Waals surface area (Å²) in [6.45, 7) is 1.88. The number of nitrogens with zero attached hydrogens (tertiary/aromatic N) is 1. The molecule has 0 unspecified atom stereocenters. The summed E-state index contributed by atoms with van der Waals surface area (Å²) in [7, 11) is 1.69. The maximum atomic E-state index is 13.8. The summed E-state index contributed by atoms with van der Waals surface area (Å²) >= 11 is 12.0. The van der Waals surface area contributed by atoms with Gasteiger partial charge in [0.1, 0.15) is 11.6 Å². The molecule has 2 aromatic rings. The minimum Gasteiger partial charge on any atom is -0.372 e. The number of hydrogen-bond acceptors (Lipinski definition) is 2. The van der Waals surface area contributed by atoms with Crippen molar-refractivity contribution in [1.82, 2.24) is 4.98 Å². The second-order valence-corrected chi connectivity index (χ2v) is 4.70. The molecule has 0 spiro atoms. The van der Waals surface area contributed by atoms with Gasteiger partial charge in [-0.05, 0) is 25.1 Å². The number of halogens is 3. The van der Waals surface area contributed by atoms with Gasteiger partial charge in [0.25, 0.3) is 0 Å². The molecular formula is C13H11Cl2FN2. The molecule has 18 heavy (non-hydrogen) atoms. The third kappa shape index (κ3) is 2.42. The van der Waals surface area contributed by atoms with E-state index < -0.39 is 0 Å². The minimum atomic E-state index is -0.362. The molecule has 0 amide bonds. The fraction of sp³-hybridized carbons (Fsp3) is 0.154. The summed E-state index contributed by atoms with van der Waals surface area (Å²) in [6.07, 6.45) is 0. The van der Waals surface area contributed by atoms with Crippen LogP contribution in [0.1, 0.15) is 5.56 Å². The van der Waals surface area contributed by atoms with Crippen molar-refractivity contribution in [3.63, 3.8) is 0 Å². The molecule has 0 saturated carbocycles. The summed E-state index contributed by atoms with van der Waals surface area (Å²) in [5.41, 5.74) is 1.69. The fourth-order valence-electron chi connectivity index (χ4n) is 1.65. The highest BCUT2D eigenvalue weighted by Gasteiger charge is 2.14. The number of aryl methyl sites for hydroxylation is 1. The molecule has 0 fully saturated rings. The lowest BCUT2D eigenvalue weighted by atomic mass is 10.1. The lowest BCUT2D eigenvalue weighted by molar-refractivity contribution is 0.630. The Morgan fingerprint density at radius 1 is 1.17 bits per heavy atom. The van der Waals surface area contributed by atoms with Crippen molar-refractivity contribution >= 4 is 29.0 Å². The third-order valence-electron chi connectivity index (χ3n) is 2.54. The number of anilines is 1. The van der Waals surface area contributed by atoms with E-state index in [0.717, 1.165) is 5.56 Å². The zero-order chi connectivity index (χ0) is 13.3. The molecule has 1 N–H and O–H groups in total. The van der Waals surface area contributed by atoms with Gasteiger partial charge in [-0.1, -0.05) is 34.8 Å². The standard InChI is InChI=1S/C13H11Cl2FN2/c1-7-3-4-11(16)8(5-7)12-9(14)6-10(15)13(17-2)18-12/h3-6H,1-2H3,(H,17,18). The molecule has 0 saturated heterocycles. The fourth-order valence-corrected chi connectivity index (χ4v) is 2.21. The zero-order valence-electron chi connectivity index (χ0n) is 9.89. The normalized spacial score (nSPS) is 10.5. The Labute approximate surface area is 115 Å². The molecule has 2 nitrogen and oxygen atoms in total. The smallest absolute Gasteiger partial charge is 0.145 e.